The van der Waals surface area contributed by atoms with E-state index < -0.39 is 0 Å². The first-order valence-electron chi connectivity index (χ1n) is 7.09. The maximum Gasteiger partial charge on any atom is 0.0954 e. The molecule has 4 fully saturated rings. The van der Waals surface area contributed by atoms with Gasteiger partial charge >= 0.3 is 0 Å². The average molecular weight is 220 g/mol. The first-order chi connectivity index (χ1) is 7.41. The zero-order valence-electron chi connectivity index (χ0n) is 11.0. The van der Waals surface area contributed by atoms with Gasteiger partial charge in [0.05, 0.1) is 11.7 Å². The summed E-state index contributed by atoms with van der Waals surface area (Å²) in [4.78, 5) is 0. The summed E-state index contributed by atoms with van der Waals surface area (Å²) in [6, 6.07) is 0. The highest BCUT2D eigenvalue weighted by atomic mass is 16.6. The minimum Gasteiger partial charge on any atom is -0.366 e. The van der Waals surface area contributed by atoms with E-state index in [2.05, 4.69) is 27.7 Å². The molecule has 1 saturated heterocycles. The second kappa shape index (κ2) is 2.39. The van der Waals surface area contributed by atoms with Crippen LogP contribution in [0.4, 0.5) is 0 Å². The topological polar surface area (TPSA) is 12.5 Å². The van der Waals surface area contributed by atoms with Crippen LogP contribution in [0.5, 0.6) is 0 Å². The summed E-state index contributed by atoms with van der Waals surface area (Å²) in [6.45, 7) is 9.93. The number of ether oxygens (including phenoxy) is 1. The fourth-order valence-corrected chi connectivity index (χ4v) is 6.21. The summed E-state index contributed by atoms with van der Waals surface area (Å²) in [6.07, 6.45) is 6.38. The van der Waals surface area contributed by atoms with Crippen LogP contribution in [0, 0.1) is 28.6 Å². The van der Waals surface area contributed by atoms with E-state index in [-0.39, 0.29) is 5.60 Å². The number of fused-ring (bicyclic) bond motifs is 3. The Balaban J connectivity index is 1.85. The second-order valence-corrected chi connectivity index (χ2v) is 7.84. The molecule has 1 aliphatic heterocycles. The maximum absolute atomic E-state index is 6.09. The first kappa shape index (κ1) is 9.94. The normalized spacial score (nSPS) is 65.2. The van der Waals surface area contributed by atoms with Gasteiger partial charge in [0.25, 0.3) is 0 Å². The van der Waals surface area contributed by atoms with Crippen molar-refractivity contribution in [2.75, 3.05) is 0 Å². The van der Waals surface area contributed by atoms with Gasteiger partial charge in [0, 0.05) is 0 Å². The Kier molecular flexibility index (Phi) is 1.48. The molecule has 4 aliphatic rings. The summed E-state index contributed by atoms with van der Waals surface area (Å²) < 4.78 is 6.09. The van der Waals surface area contributed by atoms with E-state index >= 15 is 0 Å². The summed E-state index contributed by atoms with van der Waals surface area (Å²) in [5.74, 6) is 2.75. The van der Waals surface area contributed by atoms with Crippen molar-refractivity contribution in [3.05, 3.63) is 0 Å². The van der Waals surface area contributed by atoms with Crippen LogP contribution in [0.3, 0.4) is 0 Å². The van der Waals surface area contributed by atoms with Crippen LogP contribution in [-0.4, -0.2) is 11.7 Å². The molecule has 3 saturated carbocycles. The van der Waals surface area contributed by atoms with Crippen molar-refractivity contribution in [2.45, 2.75) is 65.1 Å². The van der Waals surface area contributed by atoms with Gasteiger partial charge < -0.3 is 4.74 Å². The quantitative estimate of drug-likeness (QED) is 0.568. The van der Waals surface area contributed by atoms with Gasteiger partial charge in [0.15, 0.2) is 0 Å². The molecule has 1 heterocycles. The third-order valence-corrected chi connectivity index (χ3v) is 7.18. The van der Waals surface area contributed by atoms with Crippen LogP contribution < -0.4 is 0 Å². The fraction of sp³-hybridized carbons (Fsp3) is 1.00. The van der Waals surface area contributed by atoms with Crippen LogP contribution in [0.1, 0.15) is 53.4 Å². The zero-order chi connectivity index (χ0) is 11.3. The van der Waals surface area contributed by atoms with Crippen molar-refractivity contribution < 1.29 is 4.74 Å². The summed E-state index contributed by atoms with van der Waals surface area (Å²) in [5, 5.41) is 0. The van der Waals surface area contributed by atoms with Gasteiger partial charge in [0.1, 0.15) is 0 Å². The second-order valence-electron chi connectivity index (χ2n) is 7.84. The Morgan fingerprint density at radius 3 is 2.50 bits per heavy atom. The van der Waals surface area contributed by atoms with Crippen molar-refractivity contribution in [3.8, 4) is 0 Å². The van der Waals surface area contributed by atoms with Gasteiger partial charge in [-0.15, -0.1) is 0 Å². The fourth-order valence-electron chi connectivity index (χ4n) is 6.21. The van der Waals surface area contributed by atoms with Gasteiger partial charge in [-0.05, 0) is 61.2 Å². The van der Waals surface area contributed by atoms with Gasteiger partial charge in [-0.1, -0.05) is 20.8 Å². The molecule has 1 spiro atoms. The van der Waals surface area contributed by atoms with Gasteiger partial charge in [-0.25, -0.2) is 0 Å². The minimum atomic E-state index is 0.263. The Labute approximate surface area is 98.9 Å². The molecule has 90 valence electrons. The summed E-state index contributed by atoms with van der Waals surface area (Å²) >= 11 is 0. The van der Waals surface area contributed by atoms with Crippen molar-refractivity contribution in [1.82, 2.24) is 0 Å². The molecular formula is C15H24O. The number of hydrogen-bond acceptors (Lipinski definition) is 1. The highest BCUT2D eigenvalue weighted by Crippen LogP contribution is 2.77. The van der Waals surface area contributed by atoms with Crippen LogP contribution in [0.15, 0.2) is 0 Å². The molecule has 0 N–H and O–H groups in total. The van der Waals surface area contributed by atoms with Crippen LogP contribution in [-0.2, 0) is 4.74 Å². The van der Waals surface area contributed by atoms with E-state index in [4.69, 9.17) is 4.74 Å². The lowest BCUT2D eigenvalue weighted by molar-refractivity contribution is 0.0866. The molecule has 1 heteroatoms. The lowest BCUT2D eigenvalue weighted by atomic mass is 9.66. The number of epoxide rings is 1. The Morgan fingerprint density at radius 1 is 1.00 bits per heavy atom. The minimum absolute atomic E-state index is 0.263. The predicted octanol–water partition coefficient (Wildman–Crippen LogP) is 3.63. The Morgan fingerprint density at radius 2 is 1.75 bits per heavy atom. The molecule has 6 atom stereocenters. The zero-order valence-corrected chi connectivity index (χ0v) is 11.0. The smallest absolute Gasteiger partial charge is 0.0954 e. The highest BCUT2D eigenvalue weighted by molar-refractivity contribution is 5.24. The van der Waals surface area contributed by atoms with E-state index in [1.54, 1.807) is 0 Å². The Hall–Kier alpha value is -0.0400. The molecule has 3 aliphatic carbocycles. The van der Waals surface area contributed by atoms with Gasteiger partial charge in [0.2, 0.25) is 0 Å². The third kappa shape index (κ3) is 0.805. The summed E-state index contributed by atoms with van der Waals surface area (Å²) in [5.41, 5.74) is 1.44. The maximum atomic E-state index is 6.09. The molecule has 0 amide bonds. The monoisotopic (exact) mass is 220 g/mol. The molecule has 0 unspecified atom stereocenters. The number of hydrogen-bond donors (Lipinski definition) is 0. The molecule has 2 bridgehead atoms. The standard InChI is InChI=1S/C15H24O/c1-9-5-6-10-13(2,3)11-7-15(9,10)8-12-14(11,4)16-12/h9-12H,5-8H2,1-4H3/t9-,10-,11+,12+,14+,15-/m1/s1. The van der Waals surface area contributed by atoms with Crippen LogP contribution >= 0.6 is 0 Å². The predicted molar refractivity (Wildman–Crippen MR) is 64.1 cm³/mol. The lowest BCUT2D eigenvalue weighted by Crippen LogP contribution is -2.36. The van der Waals surface area contributed by atoms with Crippen molar-refractivity contribution >= 4 is 0 Å². The molecule has 0 aromatic heterocycles. The molecule has 0 aromatic rings. The Bertz CT molecular complexity index is 356. The van der Waals surface area contributed by atoms with E-state index in [0.717, 1.165) is 17.8 Å². The average Bonchev–Trinajstić information content (AvgIpc) is 2.67. The third-order valence-electron chi connectivity index (χ3n) is 7.18. The molecular weight excluding hydrogens is 196 g/mol. The van der Waals surface area contributed by atoms with Crippen molar-refractivity contribution in [1.29, 1.82) is 0 Å². The van der Waals surface area contributed by atoms with E-state index in [1.807, 2.05) is 0 Å². The number of rotatable bonds is 0. The molecule has 4 rings (SSSR count). The van der Waals surface area contributed by atoms with Gasteiger partial charge in [-0.3, -0.25) is 0 Å². The van der Waals surface area contributed by atoms with E-state index in [1.165, 1.54) is 25.7 Å². The first-order valence-corrected chi connectivity index (χ1v) is 7.09. The molecule has 16 heavy (non-hydrogen) atoms. The van der Waals surface area contributed by atoms with Gasteiger partial charge in [-0.2, -0.15) is 0 Å². The van der Waals surface area contributed by atoms with Crippen LogP contribution in [0.2, 0.25) is 0 Å². The van der Waals surface area contributed by atoms with E-state index in [0.29, 0.717) is 16.9 Å². The van der Waals surface area contributed by atoms with Crippen LogP contribution in [0.25, 0.3) is 0 Å². The van der Waals surface area contributed by atoms with Crippen molar-refractivity contribution in [3.63, 3.8) is 0 Å². The molecule has 0 radical (unpaired) electrons. The largest absolute Gasteiger partial charge is 0.366 e. The van der Waals surface area contributed by atoms with Crippen molar-refractivity contribution in [2.24, 2.45) is 28.6 Å². The summed E-state index contributed by atoms with van der Waals surface area (Å²) in [7, 11) is 0. The molecule has 1 nitrogen and oxygen atoms in total. The van der Waals surface area contributed by atoms with E-state index in [9.17, 15) is 0 Å². The highest BCUT2D eigenvalue weighted by Gasteiger charge is 2.76. The lowest BCUT2D eigenvalue weighted by Gasteiger charge is -2.37. The SMILES string of the molecule is C[C@@H]1CC[C@@H]2C(C)(C)[C@@H]3C[C@@]12C[C@@H]1O[C@]13C. The molecule has 0 aromatic carbocycles.